The third-order valence-corrected chi connectivity index (χ3v) is 5.21. The van der Waals surface area contributed by atoms with Gasteiger partial charge in [-0.25, -0.2) is 9.78 Å². The molecule has 33 heavy (non-hydrogen) atoms. The molecule has 176 valence electrons. The maximum Gasteiger partial charge on any atom is 0.356 e. The number of esters is 1. The summed E-state index contributed by atoms with van der Waals surface area (Å²) in [4.78, 5) is 30.0. The maximum atomic E-state index is 13.0. The summed E-state index contributed by atoms with van der Waals surface area (Å²) in [7, 11) is 4.53. The number of amides is 1. The quantitative estimate of drug-likeness (QED) is 0.446. The van der Waals surface area contributed by atoms with Gasteiger partial charge in [0, 0.05) is 24.0 Å². The van der Waals surface area contributed by atoms with Crippen LogP contribution in [0.3, 0.4) is 0 Å². The van der Waals surface area contributed by atoms with Crippen LogP contribution < -0.4 is 15.4 Å². The molecule has 0 aliphatic carbocycles. The van der Waals surface area contributed by atoms with Gasteiger partial charge in [-0.2, -0.15) is 0 Å². The van der Waals surface area contributed by atoms with Crippen molar-refractivity contribution in [1.29, 1.82) is 0 Å². The molecule has 2 aromatic heterocycles. The summed E-state index contributed by atoms with van der Waals surface area (Å²) >= 11 is 0. The molecule has 2 heterocycles. The zero-order chi connectivity index (χ0) is 24.3. The summed E-state index contributed by atoms with van der Waals surface area (Å²) in [6.07, 6.45) is 2.17. The van der Waals surface area contributed by atoms with Gasteiger partial charge in [-0.15, -0.1) is 0 Å². The van der Waals surface area contributed by atoms with Crippen molar-refractivity contribution in [2.24, 2.45) is 7.05 Å². The van der Waals surface area contributed by atoms with Crippen LogP contribution in [0.1, 0.15) is 48.0 Å². The van der Waals surface area contributed by atoms with E-state index in [0.29, 0.717) is 40.1 Å². The highest BCUT2D eigenvalue weighted by molar-refractivity contribution is 6.14. The molecule has 3 N–H and O–H groups in total. The number of carbonyl (C=O) groups is 2. The topological polar surface area (TPSA) is 115 Å². The Labute approximate surface area is 192 Å². The number of nitrogens with zero attached hydrogens (tertiary/aromatic N) is 2. The van der Waals surface area contributed by atoms with Crippen molar-refractivity contribution in [3.8, 4) is 5.75 Å². The van der Waals surface area contributed by atoms with Crippen LogP contribution in [0, 0.1) is 0 Å². The average molecular weight is 455 g/mol. The lowest BCUT2D eigenvalue weighted by atomic mass is 10.0. The molecule has 0 saturated carbocycles. The number of methoxy groups -OCH3 is 2. The summed E-state index contributed by atoms with van der Waals surface area (Å²) in [6, 6.07) is 8.44. The minimum Gasteiger partial charge on any atom is -0.497 e. The molecule has 0 aliphatic heterocycles. The van der Waals surface area contributed by atoms with E-state index in [1.165, 1.54) is 7.11 Å². The van der Waals surface area contributed by atoms with E-state index in [0.717, 1.165) is 0 Å². The van der Waals surface area contributed by atoms with Crippen LogP contribution in [0.4, 0.5) is 11.4 Å². The number of hydrogen-bond acceptors (Lipinski definition) is 7. The summed E-state index contributed by atoms with van der Waals surface area (Å²) in [5, 5.41) is 16.8. The highest BCUT2D eigenvalue weighted by Gasteiger charge is 2.25. The number of fused-ring (bicyclic) bond motifs is 1. The summed E-state index contributed by atoms with van der Waals surface area (Å²) in [5.41, 5.74) is 1.29. The lowest BCUT2D eigenvalue weighted by Crippen LogP contribution is -2.29. The molecule has 3 aromatic rings. The Kier molecular flexibility index (Phi) is 6.92. The van der Waals surface area contributed by atoms with Crippen LogP contribution in [-0.4, -0.2) is 52.4 Å². The first-order valence-corrected chi connectivity index (χ1v) is 10.5. The third-order valence-electron chi connectivity index (χ3n) is 5.21. The Hall–Kier alpha value is -3.59. The Morgan fingerprint density at radius 1 is 1.21 bits per heavy atom. The molecular weight excluding hydrogens is 424 g/mol. The first-order valence-electron chi connectivity index (χ1n) is 10.5. The number of nitrogens with one attached hydrogen (secondary N) is 2. The number of aryl methyl sites for hydroxylation is 1. The van der Waals surface area contributed by atoms with Crippen molar-refractivity contribution in [1.82, 2.24) is 9.55 Å². The number of ether oxygens (including phenoxy) is 2. The lowest BCUT2D eigenvalue weighted by molar-refractivity contribution is 0.0591. The zero-order valence-corrected chi connectivity index (χ0v) is 19.7. The van der Waals surface area contributed by atoms with Crippen LogP contribution in [0.25, 0.3) is 11.0 Å². The molecule has 0 saturated heterocycles. The van der Waals surface area contributed by atoms with E-state index < -0.39 is 11.6 Å². The maximum absolute atomic E-state index is 13.0. The number of aliphatic hydroxyl groups is 1. The number of carbonyl (C=O) groups excluding carboxylic acids is 2. The number of benzene rings is 1. The Morgan fingerprint density at radius 3 is 2.45 bits per heavy atom. The summed E-state index contributed by atoms with van der Waals surface area (Å²) in [6.45, 7) is 5.46. The van der Waals surface area contributed by atoms with Gasteiger partial charge in [0.05, 0.1) is 37.4 Å². The van der Waals surface area contributed by atoms with Gasteiger partial charge in [-0.1, -0.05) is 0 Å². The summed E-state index contributed by atoms with van der Waals surface area (Å²) in [5.74, 6) is -0.346. The van der Waals surface area contributed by atoms with Gasteiger partial charge in [0.15, 0.2) is 5.69 Å². The van der Waals surface area contributed by atoms with Crippen molar-refractivity contribution in [3.63, 3.8) is 0 Å². The smallest absolute Gasteiger partial charge is 0.356 e. The Balaban J connectivity index is 2.02. The third kappa shape index (κ3) is 5.43. The molecule has 1 atom stereocenters. The zero-order valence-electron chi connectivity index (χ0n) is 19.7. The van der Waals surface area contributed by atoms with E-state index in [1.807, 2.05) is 13.0 Å². The van der Waals surface area contributed by atoms with Gasteiger partial charge >= 0.3 is 5.97 Å². The molecular formula is C24H30N4O5. The van der Waals surface area contributed by atoms with E-state index in [4.69, 9.17) is 9.47 Å². The second kappa shape index (κ2) is 9.50. The van der Waals surface area contributed by atoms with Crippen molar-refractivity contribution >= 4 is 34.3 Å². The number of pyridine rings is 1. The highest BCUT2D eigenvalue weighted by atomic mass is 16.5. The van der Waals surface area contributed by atoms with Gasteiger partial charge in [0.25, 0.3) is 5.91 Å². The van der Waals surface area contributed by atoms with Crippen molar-refractivity contribution in [3.05, 3.63) is 47.8 Å². The van der Waals surface area contributed by atoms with Gasteiger partial charge in [-0.05, 0) is 57.5 Å². The summed E-state index contributed by atoms with van der Waals surface area (Å²) < 4.78 is 11.7. The van der Waals surface area contributed by atoms with Gasteiger partial charge < -0.3 is 29.8 Å². The van der Waals surface area contributed by atoms with Crippen molar-refractivity contribution in [2.45, 2.75) is 38.8 Å². The second-order valence-electron chi connectivity index (χ2n) is 8.61. The minimum atomic E-state index is -0.827. The molecule has 9 nitrogen and oxygen atoms in total. The van der Waals surface area contributed by atoms with Crippen molar-refractivity contribution in [2.75, 3.05) is 24.9 Å². The molecule has 0 spiro atoms. The van der Waals surface area contributed by atoms with Gasteiger partial charge in [0.2, 0.25) is 0 Å². The first-order chi connectivity index (χ1) is 15.5. The second-order valence-corrected chi connectivity index (χ2v) is 8.61. The van der Waals surface area contributed by atoms with E-state index in [9.17, 15) is 14.7 Å². The fourth-order valence-corrected chi connectivity index (χ4v) is 3.86. The largest absolute Gasteiger partial charge is 0.497 e. The predicted octanol–water partition coefficient (Wildman–Crippen LogP) is 3.58. The van der Waals surface area contributed by atoms with Crippen molar-refractivity contribution < 1.29 is 24.2 Å². The van der Waals surface area contributed by atoms with Crippen LogP contribution in [-0.2, 0) is 11.8 Å². The van der Waals surface area contributed by atoms with Crippen LogP contribution in [0.5, 0.6) is 5.75 Å². The lowest BCUT2D eigenvalue weighted by Gasteiger charge is -2.23. The Morgan fingerprint density at radius 2 is 1.88 bits per heavy atom. The molecule has 3 rings (SSSR count). The molecule has 1 aromatic carbocycles. The number of aromatic nitrogens is 2. The molecule has 1 amide bonds. The van der Waals surface area contributed by atoms with Crippen LogP contribution in [0.2, 0.25) is 0 Å². The predicted molar refractivity (Wildman–Crippen MR) is 127 cm³/mol. The average Bonchev–Trinajstić information content (AvgIpc) is 3.02. The van der Waals surface area contributed by atoms with E-state index in [2.05, 4.69) is 15.6 Å². The highest BCUT2D eigenvalue weighted by Crippen LogP contribution is 2.32. The van der Waals surface area contributed by atoms with Crippen LogP contribution in [0.15, 0.2) is 36.5 Å². The van der Waals surface area contributed by atoms with Gasteiger partial charge in [-0.3, -0.25) is 4.79 Å². The molecule has 0 bridgehead atoms. The van der Waals surface area contributed by atoms with E-state index in [-0.39, 0.29) is 17.6 Å². The molecule has 0 radical (unpaired) electrons. The number of anilines is 2. The Bertz CT molecular complexity index is 1160. The minimum absolute atomic E-state index is 0.0367. The van der Waals surface area contributed by atoms with E-state index >= 15 is 0 Å². The SMILES string of the molecule is COC(=O)c1c(NC(=O)c2ccc(OC)cc2)c2cc(NC(C)CC(C)(C)O)cnc2n1C. The van der Waals surface area contributed by atoms with Gasteiger partial charge in [0.1, 0.15) is 11.4 Å². The standard InChI is InChI=1S/C24H30N4O5/c1-14(12-24(2,3)31)26-16-11-18-19(20(23(30)33-6)28(4)21(18)25-13-16)27-22(29)15-7-9-17(32-5)10-8-15/h7-11,13-14,26,31H,12H2,1-6H3,(H,27,29). The van der Waals surface area contributed by atoms with E-state index in [1.54, 1.807) is 63.0 Å². The van der Waals surface area contributed by atoms with Crippen LogP contribution >= 0.6 is 0 Å². The number of rotatable bonds is 8. The fourth-order valence-electron chi connectivity index (χ4n) is 3.86. The normalized spacial score (nSPS) is 12.3. The molecule has 9 heteroatoms. The number of hydrogen-bond donors (Lipinski definition) is 3. The molecule has 0 aliphatic rings. The first kappa shape index (κ1) is 24.1. The fraction of sp³-hybridized carbons (Fsp3) is 0.375. The molecule has 1 unspecified atom stereocenters. The monoisotopic (exact) mass is 454 g/mol. The molecule has 0 fully saturated rings.